The zero-order chi connectivity index (χ0) is 20.1. The monoisotopic (exact) mass is 394 g/mol. The summed E-state index contributed by atoms with van der Waals surface area (Å²) in [5.41, 5.74) is 2.40. The number of nitrogens with one attached hydrogen (secondary N) is 1. The molecule has 0 aliphatic carbocycles. The van der Waals surface area contributed by atoms with Crippen LogP contribution in [0.15, 0.2) is 65.2 Å². The number of halogens is 1. The number of aromatic nitrogens is 1. The lowest BCUT2D eigenvalue weighted by Crippen LogP contribution is -2.48. The van der Waals surface area contributed by atoms with E-state index in [1.165, 1.54) is 12.1 Å². The van der Waals surface area contributed by atoms with Crippen LogP contribution >= 0.6 is 0 Å². The van der Waals surface area contributed by atoms with Gasteiger partial charge < -0.3 is 9.84 Å². The number of benzene rings is 2. The second kappa shape index (κ2) is 8.98. The number of carbonyl (C=O) groups excluding carboxylic acids is 1. The Kier molecular flexibility index (Phi) is 5.97. The number of piperazine rings is 1. The van der Waals surface area contributed by atoms with Crippen molar-refractivity contribution in [1.29, 1.82) is 0 Å². The number of hydrogen-bond acceptors (Lipinski definition) is 5. The first-order chi connectivity index (χ1) is 14.2. The third-order valence-electron chi connectivity index (χ3n) is 4.94. The molecule has 1 fully saturated rings. The molecular formula is C22H23FN4O2. The Labute approximate surface area is 168 Å². The number of hydrogen-bond donors (Lipinski definition) is 1. The molecule has 2 aromatic carbocycles. The van der Waals surface area contributed by atoms with Crippen molar-refractivity contribution in [3.05, 3.63) is 72.2 Å². The molecule has 0 radical (unpaired) electrons. The largest absolute Gasteiger partial charge is 0.356 e. The van der Waals surface area contributed by atoms with Crippen LogP contribution in [0.2, 0.25) is 0 Å². The Morgan fingerprint density at radius 1 is 1.00 bits per heavy atom. The van der Waals surface area contributed by atoms with E-state index in [0.717, 1.165) is 49.7 Å². The third-order valence-corrected chi connectivity index (χ3v) is 4.94. The zero-order valence-electron chi connectivity index (χ0n) is 16.1. The molecule has 0 spiro atoms. The average Bonchev–Trinajstić information content (AvgIpc) is 3.19. The van der Waals surface area contributed by atoms with E-state index >= 15 is 0 Å². The first kappa shape index (κ1) is 19.3. The van der Waals surface area contributed by atoms with Gasteiger partial charge in [-0.3, -0.25) is 14.6 Å². The normalized spacial score (nSPS) is 15.3. The summed E-state index contributed by atoms with van der Waals surface area (Å²) in [7, 11) is 0. The number of amides is 1. The molecule has 0 bridgehead atoms. The maximum absolute atomic E-state index is 13.2. The molecule has 0 saturated carbocycles. The van der Waals surface area contributed by atoms with Gasteiger partial charge in [-0.25, -0.2) is 4.39 Å². The Hall–Kier alpha value is -3.03. The maximum atomic E-state index is 13.2. The van der Waals surface area contributed by atoms with E-state index in [1.54, 1.807) is 12.1 Å². The van der Waals surface area contributed by atoms with Crippen molar-refractivity contribution in [3.63, 3.8) is 0 Å². The van der Waals surface area contributed by atoms with Gasteiger partial charge in [0.2, 0.25) is 5.91 Å². The highest BCUT2D eigenvalue weighted by molar-refractivity contribution is 5.92. The van der Waals surface area contributed by atoms with E-state index < -0.39 is 0 Å². The molecule has 1 saturated heterocycles. The summed E-state index contributed by atoms with van der Waals surface area (Å²) in [6.45, 7) is 4.30. The summed E-state index contributed by atoms with van der Waals surface area (Å²) in [6, 6.07) is 17.8. The number of rotatable bonds is 6. The molecule has 1 N–H and O–H groups in total. The van der Waals surface area contributed by atoms with E-state index in [9.17, 15) is 9.18 Å². The van der Waals surface area contributed by atoms with Crippen LogP contribution in [0.5, 0.6) is 0 Å². The minimum Gasteiger partial charge on any atom is -0.356 e. The van der Waals surface area contributed by atoms with Crippen LogP contribution in [0.25, 0.3) is 11.3 Å². The summed E-state index contributed by atoms with van der Waals surface area (Å²) in [5.74, 6) is 0.279. The molecular weight excluding hydrogens is 371 g/mol. The second-order valence-corrected chi connectivity index (χ2v) is 7.16. The van der Waals surface area contributed by atoms with Crippen LogP contribution in [0.4, 0.5) is 10.1 Å². The predicted octanol–water partition coefficient (Wildman–Crippen LogP) is 3.24. The van der Waals surface area contributed by atoms with Crippen molar-refractivity contribution in [1.82, 2.24) is 15.0 Å². The van der Waals surface area contributed by atoms with Gasteiger partial charge in [0.05, 0.1) is 12.2 Å². The summed E-state index contributed by atoms with van der Waals surface area (Å²) in [4.78, 5) is 16.6. The number of carbonyl (C=O) groups is 1. The molecule has 3 aromatic rings. The van der Waals surface area contributed by atoms with E-state index in [0.29, 0.717) is 12.2 Å². The summed E-state index contributed by atoms with van der Waals surface area (Å²) in [6.07, 6.45) is 0. The standard InChI is InChI=1S/C22H23FN4O2/c23-18-7-4-8-19(13-18)24-22(28)16-27-11-9-26(10-12-27)15-20-14-21(29-25-20)17-5-2-1-3-6-17/h1-8,13-14H,9-12,15-16H2,(H,24,28). The fourth-order valence-electron chi connectivity index (χ4n) is 3.43. The van der Waals surface area contributed by atoms with Crippen molar-refractivity contribution in [2.24, 2.45) is 0 Å². The Bertz CT molecular complexity index is 952. The van der Waals surface area contributed by atoms with Crippen LogP contribution in [0, 0.1) is 5.82 Å². The lowest BCUT2D eigenvalue weighted by molar-refractivity contribution is -0.117. The molecule has 150 valence electrons. The first-order valence-corrected chi connectivity index (χ1v) is 9.67. The smallest absolute Gasteiger partial charge is 0.238 e. The SMILES string of the molecule is O=C(CN1CCN(Cc2cc(-c3ccccc3)on2)CC1)Nc1cccc(F)c1. The number of nitrogens with zero attached hydrogens (tertiary/aromatic N) is 3. The van der Waals surface area contributed by atoms with Gasteiger partial charge in [-0.2, -0.15) is 0 Å². The molecule has 4 rings (SSSR count). The van der Waals surface area contributed by atoms with Gasteiger partial charge in [-0.1, -0.05) is 41.6 Å². The molecule has 29 heavy (non-hydrogen) atoms. The molecule has 6 nitrogen and oxygen atoms in total. The van der Waals surface area contributed by atoms with Crippen LogP contribution in [0.3, 0.4) is 0 Å². The highest BCUT2D eigenvalue weighted by atomic mass is 19.1. The quantitative estimate of drug-likeness (QED) is 0.696. The first-order valence-electron chi connectivity index (χ1n) is 9.67. The van der Waals surface area contributed by atoms with Gasteiger partial charge in [0, 0.05) is 50.0 Å². The topological polar surface area (TPSA) is 61.6 Å². The van der Waals surface area contributed by atoms with Gasteiger partial charge in [0.15, 0.2) is 5.76 Å². The molecule has 7 heteroatoms. The molecule has 2 heterocycles. The molecule has 0 atom stereocenters. The summed E-state index contributed by atoms with van der Waals surface area (Å²) >= 11 is 0. The minimum atomic E-state index is -0.361. The fraction of sp³-hybridized carbons (Fsp3) is 0.273. The Morgan fingerprint density at radius 3 is 2.52 bits per heavy atom. The molecule has 1 aliphatic heterocycles. The third kappa shape index (κ3) is 5.28. The van der Waals surface area contributed by atoms with Crippen LogP contribution in [0.1, 0.15) is 5.69 Å². The van der Waals surface area contributed by atoms with Crippen molar-refractivity contribution in [2.75, 3.05) is 38.0 Å². The molecule has 0 unspecified atom stereocenters. The van der Waals surface area contributed by atoms with Gasteiger partial charge in [-0.05, 0) is 18.2 Å². The highest BCUT2D eigenvalue weighted by Crippen LogP contribution is 2.20. The molecule has 1 aromatic heterocycles. The average molecular weight is 394 g/mol. The zero-order valence-corrected chi connectivity index (χ0v) is 16.1. The van der Waals surface area contributed by atoms with Crippen LogP contribution in [-0.4, -0.2) is 53.6 Å². The Morgan fingerprint density at radius 2 is 1.76 bits per heavy atom. The number of anilines is 1. The molecule has 1 aliphatic rings. The van der Waals surface area contributed by atoms with E-state index in [1.807, 2.05) is 36.4 Å². The van der Waals surface area contributed by atoms with Crippen molar-refractivity contribution in [3.8, 4) is 11.3 Å². The predicted molar refractivity (Wildman–Crippen MR) is 109 cm³/mol. The van der Waals surface area contributed by atoms with Gasteiger partial charge >= 0.3 is 0 Å². The lowest BCUT2D eigenvalue weighted by atomic mass is 10.1. The van der Waals surface area contributed by atoms with E-state index in [-0.39, 0.29) is 11.7 Å². The lowest BCUT2D eigenvalue weighted by Gasteiger charge is -2.33. The van der Waals surface area contributed by atoms with Gasteiger partial charge in [0.1, 0.15) is 5.82 Å². The van der Waals surface area contributed by atoms with Crippen molar-refractivity contribution < 1.29 is 13.7 Å². The van der Waals surface area contributed by atoms with Crippen molar-refractivity contribution >= 4 is 11.6 Å². The molecule has 1 amide bonds. The second-order valence-electron chi connectivity index (χ2n) is 7.16. The van der Waals surface area contributed by atoms with Crippen molar-refractivity contribution in [2.45, 2.75) is 6.54 Å². The minimum absolute atomic E-state index is 0.131. The van der Waals surface area contributed by atoms with E-state index in [4.69, 9.17) is 4.52 Å². The van der Waals surface area contributed by atoms with Crippen LogP contribution in [-0.2, 0) is 11.3 Å². The fourth-order valence-corrected chi connectivity index (χ4v) is 3.43. The van der Waals surface area contributed by atoms with Gasteiger partial charge in [-0.15, -0.1) is 0 Å². The highest BCUT2D eigenvalue weighted by Gasteiger charge is 2.20. The Balaban J connectivity index is 1.23. The summed E-state index contributed by atoms with van der Waals surface area (Å²) in [5, 5.41) is 6.93. The van der Waals surface area contributed by atoms with Gasteiger partial charge in [0.25, 0.3) is 0 Å². The van der Waals surface area contributed by atoms with Crippen LogP contribution < -0.4 is 5.32 Å². The summed E-state index contributed by atoms with van der Waals surface area (Å²) < 4.78 is 18.7. The van der Waals surface area contributed by atoms with E-state index in [2.05, 4.69) is 20.3 Å². The maximum Gasteiger partial charge on any atom is 0.238 e.